The Hall–Kier alpha value is -3.34. The van der Waals surface area contributed by atoms with Gasteiger partial charge >= 0.3 is 6.09 Å². The van der Waals surface area contributed by atoms with Gasteiger partial charge in [-0.3, -0.25) is 5.32 Å². The molecule has 144 valence electrons. The van der Waals surface area contributed by atoms with Crippen LogP contribution in [0.2, 0.25) is 0 Å². The Labute approximate surface area is 163 Å². The molecule has 0 heterocycles. The van der Waals surface area contributed by atoms with Crippen molar-refractivity contribution in [3.05, 3.63) is 84.2 Å². The first-order chi connectivity index (χ1) is 13.7. The van der Waals surface area contributed by atoms with Crippen molar-refractivity contribution in [3.63, 3.8) is 0 Å². The summed E-state index contributed by atoms with van der Waals surface area (Å²) < 4.78 is 24.3. The molecule has 0 bridgehead atoms. The largest absolute Gasteiger partial charge is 0.493 e. The molecule has 0 saturated carbocycles. The van der Waals surface area contributed by atoms with E-state index in [1.807, 2.05) is 37.3 Å². The van der Waals surface area contributed by atoms with Gasteiger partial charge in [0.1, 0.15) is 18.2 Å². The average molecular weight is 379 g/mol. The molecule has 1 N–H and O–H groups in total. The van der Waals surface area contributed by atoms with Crippen molar-refractivity contribution >= 4 is 11.8 Å². The predicted octanol–water partition coefficient (Wildman–Crippen LogP) is 6.03. The van der Waals surface area contributed by atoms with E-state index in [-0.39, 0.29) is 12.4 Å². The van der Waals surface area contributed by atoms with Gasteiger partial charge in [0.05, 0.1) is 6.61 Å². The Morgan fingerprint density at radius 3 is 2.46 bits per heavy atom. The van der Waals surface area contributed by atoms with Crippen LogP contribution in [0.4, 0.5) is 14.9 Å². The zero-order valence-electron chi connectivity index (χ0n) is 15.7. The van der Waals surface area contributed by atoms with E-state index in [1.54, 1.807) is 30.3 Å². The van der Waals surface area contributed by atoms with E-state index in [0.29, 0.717) is 18.0 Å². The molecule has 0 aliphatic heterocycles. The molecule has 3 aromatic rings. The fourth-order valence-corrected chi connectivity index (χ4v) is 2.68. The number of amides is 1. The van der Waals surface area contributed by atoms with Crippen molar-refractivity contribution in [2.75, 3.05) is 11.9 Å². The van der Waals surface area contributed by atoms with E-state index in [4.69, 9.17) is 9.47 Å². The Morgan fingerprint density at radius 2 is 1.75 bits per heavy atom. The summed E-state index contributed by atoms with van der Waals surface area (Å²) in [4.78, 5) is 12.1. The lowest BCUT2D eigenvalue weighted by molar-refractivity contribution is 0.155. The summed E-state index contributed by atoms with van der Waals surface area (Å²) in [7, 11) is 0. The van der Waals surface area contributed by atoms with Gasteiger partial charge in [-0.2, -0.15) is 0 Å². The van der Waals surface area contributed by atoms with Crippen molar-refractivity contribution in [3.8, 4) is 16.9 Å². The molecule has 0 aliphatic rings. The van der Waals surface area contributed by atoms with Gasteiger partial charge < -0.3 is 9.47 Å². The maximum absolute atomic E-state index is 13.3. The van der Waals surface area contributed by atoms with Gasteiger partial charge in [0, 0.05) is 11.3 Å². The monoisotopic (exact) mass is 379 g/mol. The Morgan fingerprint density at radius 1 is 1.00 bits per heavy atom. The summed E-state index contributed by atoms with van der Waals surface area (Å²) in [6, 6.07) is 21.0. The molecular weight excluding hydrogens is 357 g/mol. The van der Waals surface area contributed by atoms with Crippen LogP contribution in [-0.2, 0) is 11.3 Å². The van der Waals surface area contributed by atoms with Crippen LogP contribution in [0, 0.1) is 5.82 Å². The molecular formula is C23H22FNO3. The van der Waals surface area contributed by atoms with Crippen LogP contribution in [0.15, 0.2) is 72.8 Å². The number of benzene rings is 3. The summed E-state index contributed by atoms with van der Waals surface area (Å²) in [6.45, 7) is 2.78. The standard InChI is InChI=1S/C23H22FNO3/c1-2-14-27-22-13-12-20(15-21(22)18-8-10-19(24)11-9-18)25-23(26)28-16-17-6-4-3-5-7-17/h3-13,15H,2,14,16H2,1H3,(H,25,26). The molecule has 0 radical (unpaired) electrons. The lowest BCUT2D eigenvalue weighted by Gasteiger charge is -2.14. The van der Waals surface area contributed by atoms with Crippen molar-refractivity contribution in [1.29, 1.82) is 0 Å². The number of anilines is 1. The molecule has 0 saturated heterocycles. The summed E-state index contributed by atoms with van der Waals surface area (Å²) in [6.07, 6.45) is 0.324. The number of ether oxygens (including phenoxy) is 2. The third-order valence-electron chi connectivity index (χ3n) is 4.06. The first-order valence-corrected chi connectivity index (χ1v) is 9.16. The highest BCUT2D eigenvalue weighted by atomic mass is 19.1. The van der Waals surface area contributed by atoms with E-state index in [0.717, 1.165) is 23.1 Å². The number of rotatable bonds is 7. The van der Waals surface area contributed by atoms with Crippen molar-refractivity contribution in [2.24, 2.45) is 0 Å². The molecule has 3 rings (SSSR count). The third kappa shape index (κ3) is 5.33. The van der Waals surface area contributed by atoms with Crippen LogP contribution < -0.4 is 10.1 Å². The van der Waals surface area contributed by atoms with Crippen LogP contribution in [0.25, 0.3) is 11.1 Å². The first-order valence-electron chi connectivity index (χ1n) is 9.16. The molecule has 0 spiro atoms. The summed E-state index contributed by atoms with van der Waals surface area (Å²) >= 11 is 0. The average Bonchev–Trinajstić information content (AvgIpc) is 2.72. The molecule has 3 aromatic carbocycles. The molecule has 0 atom stereocenters. The molecule has 4 nitrogen and oxygen atoms in total. The van der Waals surface area contributed by atoms with E-state index >= 15 is 0 Å². The van der Waals surface area contributed by atoms with Crippen molar-refractivity contribution in [2.45, 2.75) is 20.0 Å². The maximum atomic E-state index is 13.3. The predicted molar refractivity (Wildman–Crippen MR) is 108 cm³/mol. The quantitative estimate of drug-likeness (QED) is 0.545. The van der Waals surface area contributed by atoms with Gasteiger partial charge in [-0.1, -0.05) is 49.4 Å². The third-order valence-corrected chi connectivity index (χ3v) is 4.06. The van der Waals surface area contributed by atoms with Gasteiger partial charge in [-0.05, 0) is 47.9 Å². The smallest absolute Gasteiger partial charge is 0.411 e. The SMILES string of the molecule is CCCOc1ccc(NC(=O)OCc2ccccc2)cc1-c1ccc(F)cc1. The topological polar surface area (TPSA) is 47.6 Å². The minimum absolute atomic E-state index is 0.190. The summed E-state index contributed by atoms with van der Waals surface area (Å²) in [5, 5.41) is 2.73. The van der Waals surface area contributed by atoms with Gasteiger partial charge in [0.2, 0.25) is 0 Å². The fraction of sp³-hybridized carbons (Fsp3) is 0.174. The van der Waals surface area contributed by atoms with Crippen LogP contribution in [0.1, 0.15) is 18.9 Å². The fourth-order valence-electron chi connectivity index (χ4n) is 2.68. The summed E-state index contributed by atoms with van der Waals surface area (Å²) in [5.74, 6) is 0.371. The molecule has 0 unspecified atom stereocenters. The minimum atomic E-state index is -0.545. The van der Waals surface area contributed by atoms with Gasteiger partial charge in [0.15, 0.2) is 0 Å². The number of hydrogen-bond donors (Lipinski definition) is 1. The second kappa shape index (κ2) is 9.55. The lowest BCUT2D eigenvalue weighted by Crippen LogP contribution is -2.13. The molecule has 0 aromatic heterocycles. The van der Waals surface area contributed by atoms with E-state index in [2.05, 4.69) is 5.32 Å². The zero-order chi connectivity index (χ0) is 19.8. The summed E-state index contributed by atoms with van der Waals surface area (Å²) in [5.41, 5.74) is 3.05. The maximum Gasteiger partial charge on any atom is 0.411 e. The van der Waals surface area contributed by atoms with E-state index in [1.165, 1.54) is 12.1 Å². The second-order valence-electron chi connectivity index (χ2n) is 6.25. The first kappa shape index (κ1) is 19.4. The van der Waals surface area contributed by atoms with E-state index < -0.39 is 6.09 Å². The van der Waals surface area contributed by atoms with Crippen molar-refractivity contribution in [1.82, 2.24) is 0 Å². The number of carbonyl (C=O) groups excluding carboxylic acids is 1. The number of nitrogens with one attached hydrogen (secondary N) is 1. The normalized spacial score (nSPS) is 10.4. The Balaban J connectivity index is 1.74. The Kier molecular flexibility index (Phi) is 6.63. The van der Waals surface area contributed by atoms with Gasteiger partial charge in [-0.25, -0.2) is 9.18 Å². The zero-order valence-corrected chi connectivity index (χ0v) is 15.7. The number of halogens is 1. The number of hydrogen-bond acceptors (Lipinski definition) is 3. The van der Waals surface area contributed by atoms with Crippen LogP contribution >= 0.6 is 0 Å². The lowest BCUT2D eigenvalue weighted by atomic mass is 10.0. The second-order valence-corrected chi connectivity index (χ2v) is 6.25. The molecule has 28 heavy (non-hydrogen) atoms. The Bertz CT molecular complexity index is 911. The highest BCUT2D eigenvalue weighted by Gasteiger charge is 2.11. The van der Waals surface area contributed by atoms with Crippen LogP contribution in [0.5, 0.6) is 5.75 Å². The molecule has 0 fully saturated rings. The van der Waals surface area contributed by atoms with Crippen LogP contribution in [-0.4, -0.2) is 12.7 Å². The highest BCUT2D eigenvalue weighted by Crippen LogP contribution is 2.33. The van der Waals surface area contributed by atoms with Gasteiger partial charge in [-0.15, -0.1) is 0 Å². The van der Waals surface area contributed by atoms with Crippen molar-refractivity contribution < 1.29 is 18.7 Å². The van der Waals surface area contributed by atoms with Gasteiger partial charge in [0.25, 0.3) is 0 Å². The molecule has 1 amide bonds. The minimum Gasteiger partial charge on any atom is -0.493 e. The van der Waals surface area contributed by atoms with E-state index in [9.17, 15) is 9.18 Å². The molecule has 5 heteroatoms. The molecule has 0 aliphatic carbocycles. The van der Waals surface area contributed by atoms with Crippen LogP contribution in [0.3, 0.4) is 0 Å². The number of carbonyl (C=O) groups is 1. The highest BCUT2D eigenvalue weighted by molar-refractivity contribution is 5.87.